The molecular formula is C35H56N10O30P6. The number of hydrogen-bond acceptors (Lipinski definition) is 27. The van der Waals surface area contributed by atoms with E-state index in [4.69, 9.17) is 55.9 Å². The third kappa shape index (κ3) is 26.6. The van der Waals surface area contributed by atoms with Crippen LogP contribution in [0.3, 0.4) is 0 Å². The van der Waals surface area contributed by atoms with Crippen molar-refractivity contribution in [1.82, 2.24) is 35.1 Å². The number of anilines is 2. The van der Waals surface area contributed by atoms with Crippen molar-refractivity contribution in [3.8, 4) is 23.7 Å². The molecule has 2 fully saturated rings. The van der Waals surface area contributed by atoms with Crippen molar-refractivity contribution in [2.24, 2.45) is 5.73 Å². The van der Waals surface area contributed by atoms with Gasteiger partial charge in [-0.3, -0.25) is 27.8 Å². The van der Waals surface area contributed by atoms with E-state index < -0.39 is 126 Å². The first kappa shape index (κ1) is 70.6. The summed E-state index contributed by atoms with van der Waals surface area (Å²) in [6.07, 6.45) is -6.72. The van der Waals surface area contributed by atoms with Gasteiger partial charge in [-0.25, -0.2) is 41.8 Å². The van der Waals surface area contributed by atoms with Crippen LogP contribution in [0, 0.1) is 23.7 Å². The van der Waals surface area contributed by atoms with Gasteiger partial charge in [0.25, 0.3) is 0 Å². The van der Waals surface area contributed by atoms with Gasteiger partial charge >= 0.3 is 64.4 Å². The molecule has 81 heavy (non-hydrogen) atoms. The van der Waals surface area contributed by atoms with Crippen LogP contribution in [0.4, 0.5) is 16.4 Å². The van der Waals surface area contributed by atoms with Crippen LogP contribution in [0.25, 0.3) is 0 Å². The van der Waals surface area contributed by atoms with Crippen molar-refractivity contribution in [1.29, 1.82) is 0 Å². The summed E-state index contributed by atoms with van der Waals surface area (Å²) in [5.41, 5.74) is 14.4. The van der Waals surface area contributed by atoms with Crippen LogP contribution in [0.2, 0.25) is 0 Å². The van der Waals surface area contributed by atoms with Gasteiger partial charge < -0.3 is 96.7 Å². The number of hydrogen-bond donors (Lipinski definition) is 16. The molecule has 0 aromatic carbocycles. The average molecular weight is 1280 g/mol. The Hall–Kier alpha value is -4.69. The van der Waals surface area contributed by atoms with Gasteiger partial charge in [-0.1, -0.05) is 23.7 Å². The number of aromatic nitrogens is 4. The molecule has 0 radical (unpaired) electrons. The molecule has 2 aliphatic heterocycles. The van der Waals surface area contributed by atoms with Crippen LogP contribution in [0.15, 0.2) is 22.0 Å². The van der Waals surface area contributed by atoms with Gasteiger partial charge in [0.1, 0.15) is 41.9 Å². The molecule has 0 saturated carbocycles. The number of alkyl carbamates (subject to hydrolysis) is 1. The van der Waals surface area contributed by atoms with Crippen LogP contribution >= 0.6 is 46.9 Å². The summed E-state index contributed by atoms with van der Waals surface area (Å²) in [5.74, 6) is 9.24. The van der Waals surface area contributed by atoms with Crippen LogP contribution in [-0.2, 0) is 77.5 Å². The number of amides is 3. The number of nitrogens with zero attached hydrogens (tertiary/aromatic N) is 4. The van der Waals surface area contributed by atoms with Gasteiger partial charge in [-0.15, -0.1) is 0 Å². The van der Waals surface area contributed by atoms with E-state index in [9.17, 15) is 76.3 Å². The second-order valence-electron chi connectivity index (χ2n) is 17.0. The van der Waals surface area contributed by atoms with Crippen LogP contribution in [-0.4, -0.2) is 156 Å². The Kier molecular flexibility index (Phi) is 25.9. The minimum absolute atomic E-state index is 0.0193. The summed E-state index contributed by atoms with van der Waals surface area (Å²) in [4.78, 5) is 139. The van der Waals surface area contributed by atoms with E-state index in [1.54, 1.807) is 20.8 Å². The lowest BCUT2D eigenvalue weighted by Crippen LogP contribution is -2.35. The fourth-order valence-corrected chi connectivity index (χ4v) is 12.1. The molecule has 2 saturated heterocycles. The SMILES string of the molecule is CC(C)(C)OC(=O)NCCC(=O)NCC#Cc1cn(C2CC(O)C(COP(=O)(O)OP(=O)(O)OP(=O)(O)O)O2)c(=O)nc1N.NCCC(=O)NCC#Cc1cn(C2CC(O)C(COP(=O)(O)OP(=O)(O)OP(=O)(O)O)O2)c(=O)nc1N. The van der Waals surface area contributed by atoms with Crippen molar-refractivity contribution >= 4 is 76.5 Å². The Morgan fingerprint density at radius 1 is 0.654 bits per heavy atom. The molecule has 10 unspecified atom stereocenters. The summed E-state index contributed by atoms with van der Waals surface area (Å²) in [7, 11) is -33.5. The third-order valence-electron chi connectivity index (χ3n) is 9.21. The Morgan fingerprint density at radius 3 is 1.40 bits per heavy atom. The van der Waals surface area contributed by atoms with E-state index in [1.165, 1.54) is 6.20 Å². The molecule has 46 heteroatoms. The highest BCUT2D eigenvalue weighted by Gasteiger charge is 2.45. The van der Waals surface area contributed by atoms with Gasteiger partial charge in [-0.05, 0) is 20.8 Å². The Labute approximate surface area is 455 Å². The smallest absolute Gasteiger partial charge is 0.444 e. The van der Waals surface area contributed by atoms with E-state index >= 15 is 0 Å². The molecule has 2 aliphatic rings. The molecule has 4 rings (SSSR count). The van der Waals surface area contributed by atoms with Gasteiger partial charge in [0, 0.05) is 51.2 Å². The van der Waals surface area contributed by atoms with E-state index in [0.717, 1.165) is 15.3 Å². The molecule has 19 N–H and O–H groups in total. The van der Waals surface area contributed by atoms with E-state index in [1.807, 2.05) is 0 Å². The third-order valence-corrected chi connectivity index (χ3v) is 16.8. The zero-order chi connectivity index (χ0) is 61.5. The average Bonchev–Trinajstić information content (AvgIpc) is 3.84. The lowest BCUT2D eigenvalue weighted by atomic mass is 10.2. The first-order valence-corrected chi connectivity index (χ1v) is 31.3. The molecule has 4 heterocycles. The van der Waals surface area contributed by atoms with Gasteiger partial charge in [0.15, 0.2) is 0 Å². The molecule has 0 aliphatic carbocycles. The van der Waals surface area contributed by atoms with Gasteiger partial charge in [0.2, 0.25) is 11.8 Å². The summed E-state index contributed by atoms with van der Waals surface area (Å²) in [6.45, 7) is 3.21. The standard InChI is InChI=1S/C20H32N5O16P3.C15H24N5O14P3/c1-20(2,3)39-19(29)23-8-6-15(27)22-7-4-5-12-10-25(18(28)24-17(12)21)16-9-13(26)14(38-16)11-37-43(33,34)41-44(35,36)40-42(30,31)32;16-4-3-12(22)18-5-1-2-9-7-20(15(23)19-14(9)17)13-6-10(21)11(32-13)8-31-36(27,28)34-37(29,30)33-35(24,25)26/h10,13-14,16,26H,6-9,11H2,1-3H3,(H,22,27)(H,23,29)(H,33,34)(H,35,36)(H2,21,24,28)(H2,30,31,32);7,10-11,13,21H,3-6,8,16H2,(H,18,22)(H,27,28)(H,29,30)(H2,17,19,23)(H2,24,25,26). The lowest BCUT2D eigenvalue weighted by molar-refractivity contribution is -0.121. The number of rotatable bonds is 23. The minimum atomic E-state index is -5.75. The molecule has 2 aromatic rings. The Balaban J connectivity index is 0.000000432. The first-order valence-electron chi connectivity index (χ1n) is 22.3. The van der Waals surface area contributed by atoms with E-state index in [0.29, 0.717) is 0 Å². The highest BCUT2D eigenvalue weighted by molar-refractivity contribution is 7.67. The number of phosphoric acid groups is 6. The maximum absolute atomic E-state index is 12.4. The van der Waals surface area contributed by atoms with Gasteiger partial charge in [-0.2, -0.15) is 27.2 Å². The first-order chi connectivity index (χ1) is 37.1. The van der Waals surface area contributed by atoms with Crippen molar-refractivity contribution in [3.63, 3.8) is 0 Å². The van der Waals surface area contributed by atoms with E-state index in [-0.39, 0.29) is 80.5 Å². The summed E-state index contributed by atoms with van der Waals surface area (Å²) >= 11 is 0. The molecule has 456 valence electrons. The number of phosphoric ester groups is 2. The normalized spacial score (nSPS) is 22.0. The number of nitrogens with one attached hydrogen (secondary N) is 3. The molecule has 40 nitrogen and oxygen atoms in total. The molecule has 3 amide bonds. The lowest BCUT2D eigenvalue weighted by Gasteiger charge is -2.19. The zero-order valence-electron chi connectivity index (χ0n) is 42.0. The Morgan fingerprint density at radius 2 is 1.04 bits per heavy atom. The largest absolute Gasteiger partial charge is 0.490 e. The van der Waals surface area contributed by atoms with Crippen LogP contribution in [0.5, 0.6) is 0 Å². The molecule has 0 spiro atoms. The fourth-order valence-electron chi connectivity index (χ4n) is 6.05. The molecular weight excluding hydrogens is 1230 g/mol. The Bertz CT molecular complexity index is 3140. The van der Waals surface area contributed by atoms with Crippen molar-refractivity contribution in [3.05, 3.63) is 44.5 Å². The molecule has 0 bridgehead atoms. The highest BCUT2D eigenvalue weighted by Crippen LogP contribution is 2.67. The van der Waals surface area contributed by atoms with Crippen LogP contribution < -0.4 is 44.5 Å². The molecule has 10 atom stereocenters. The summed E-state index contributed by atoms with van der Waals surface area (Å²) in [6, 6.07) is 0. The van der Waals surface area contributed by atoms with Crippen molar-refractivity contribution in [2.45, 2.75) is 88.9 Å². The number of aliphatic hydroxyl groups excluding tert-OH is 2. The number of carbonyl (C=O) groups is 3. The number of nitrogen functional groups attached to an aromatic ring is 2. The predicted octanol–water partition coefficient (Wildman–Crippen LogP) is -3.17. The second kappa shape index (κ2) is 29.7. The maximum atomic E-state index is 12.4. The number of carbonyl (C=O) groups excluding carboxylic acids is 3. The number of aliphatic hydroxyl groups is 2. The van der Waals surface area contributed by atoms with Crippen molar-refractivity contribution in [2.75, 3.05) is 50.9 Å². The molecule has 2 aromatic heterocycles. The topological polar surface area (TPSA) is 623 Å². The maximum Gasteiger partial charge on any atom is 0.490 e. The van der Waals surface area contributed by atoms with Crippen molar-refractivity contribution < 1.29 is 132 Å². The van der Waals surface area contributed by atoms with Crippen LogP contribution in [0.1, 0.15) is 70.0 Å². The number of ether oxygens (including phenoxy) is 3. The highest BCUT2D eigenvalue weighted by atomic mass is 31.3. The number of nitrogens with two attached hydrogens (primary N) is 3. The summed E-state index contributed by atoms with van der Waals surface area (Å²) < 4.78 is 109. The predicted molar refractivity (Wildman–Crippen MR) is 267 cm³/mol. The fraction of sp³-hybridized carbons (Fsp3) is 0.571. The van der Waals surface area contributed by atoms with E-state index in [2.05, 4.69) is 75.9 Å². The quantitative estimate of drug-likeness (QED) is 0.0386. The second-order valence-corrected chi connectivity index (χ2v) is 25.8. The summed E-state index contributed by atoms with van der Waals surface area (Å²) in [5, 5.41) is 27.9. The monoisotopic (exact) mass is 1280 g/mol. The zero-order valence-corrected chi connectivity index (χ0v) is 47.4. The minimum Gasteiger partial charge on any atom is -0.444 e. The van der Waals surface area contributed by atoms with Gasteiger partial charge in [0.05, 0.1) is 49.6 Å².